The van der Waals surface area contributed by atoms with Gasteiger partial charge in [0.1, 0.15) is 29.5 Å². The van der Waals surface area contributed by atoms with Crippen LogP contribution in [0.25, 0.3) is 11.3 Å². The van der Waals surface area contributed by atoms with Crippen LogP contribution in [-0.4, -0.2) is 83.5 Å². The van der Waals surface area contributed by atoms with Crippen LogP contribution in [0.1, 0.15) is 57.7 Å². The second-order valence-corrected chi connectivity index (χ2v) is 12.3. The van der Waals surface area contributed by atoms with Crippen LogP contribution in [0.3, 0.4) is 0 Å². The summed E-state index contributed by atoms with van der Waals surface area (Å²) < 4.78 is 25.5. The van der Waals surface area contributed by atoms with Crippen LogP contribution in [-0.2, 0) is 27.1 Å². The van der Waals surface area contributed by atoms with Crippen molar-refractivity contribution in [3.05, 3.63) is 66.1 Å². The first kappa shape index (κ1) is 33.3. The number of pyridine rings is 1. The third kappa shape index (κ3) is 10.8. The second kappa shape index (κ2) is 16.4. The number of rotatable bonds is 16. The third-order valence-corrected chi connectivity index (χ3v) is 7.36. The van der Waals surface area contributed by atoms with Gasteiger partial charge in [-0.25, -0.2) is 19.2 Å². The summed E-state index contributed by atoms with van der Waals surface area (Å²) >= 11 is 0. The fourth-order valence-electron chi connectivity index (χ4n) is 5.25. The molecule has 3 aromatic rings. The monoisotopic (exact) mass is 606 g/mol. The Morgan fingerprint density at radius 2 is 1.91 bits per heavy atom. The summed E-state index contributed by atoms with van der Waals surface area (Å²) in [5.41, 5.74) is 3.32. The normalized spacial score (nSPS) is 14.4. The van der Waals surface area contributed by atoms with Gasteiger partial charge in [-0.3, -0.25) is 4.98 Å². The minimum absolute atomic E-state index is 0.0259. The standard InChI is InChI=1S/C34H47FN6O3/c1-34(2,3)44-33(42)29(39-31-22-36-21-30(40-31)25-11-6-5-7-12-25)17-20-41(23-27(35)24-43-4)19-9-8-14-28-16-15-26-13-10-18-37-32(26)38-28/h5-7,11-12,15-16,21-22,27,29H,8-10,13-14,17-20,23-24H2,1-4H3,(H,37,38)(H,39,40)/t27-,29-/m0/s1. The van der Waals surface area contributed by atoms with E-state index >= 15 is 0 Å². The maximum atomic E-state index is 14.7. The molecule has 0 radical (unpaired) electrons. The van der Waals surface area contributed by atoms with Crippen LogP contribution in [0.2, 0.25) is 0 Å². The highest BCUT2D eigenvalue weighted by atomic mass is 19.1. The molecule has 0 fully saturated rings. The van der Waals surface area contributed by atoms with E-state index in [0.29, 0.717) is 31.0 Å². The van der Waals surface area contributed by atoms with Crippen molar-refractivity contribution in [1.82, 2.24) is 19.9 Å². The van der Waals surface area contributed by atoms with Crippen molar-refractivity contribution in [2.75, 3.05) is 50.5 Å². The number of unbranched alkanes of at least 4 members (excludes halogenated alkanes) is 1. The fourth-order valence-corrected chi connectivity index (χ4v) is 5.25. The predicted molar refractivity (Wildman–Crippen MR) is 173 cm³/mol. The molecule has 4 rings (SSSR count). The van der Waals surface area contributed by atoms with Gasteiger partial charge in [0.15, 0.2) is 0 Å². The van der Waals surface area contributed by atoms with Gasteiger partial charge in [-0.1, -0.05) is 36.4 Å². The van der Waals surface area contributed by atoms with E-state index in [1.165, 1.54) is 12.7 Å². The number of esters is 1. The van der Waals surface area contributed by atoms with E-state index in [0.717, 1.165) is 55.7 Å². The van der Waals surface area contributed by atoms with E-state index in [1.807, 2.05) is 51.1 Å². The number of fused-ring (bicyclic) bond motifs is 1. The molecular weight excluding hydrogens is 559 g/mol. The molecule has 10 heteroatoms. The summed E-state index contributed by atoms with van der Waals surface area (Å²) in [6, 6.07) is 13.4. The van der Waals surface area contributed by atoms with Gasteiger partial charge in [-0.05, 0) is 77.5 Å². The van der Waals surface area contributed by atoms with E-state index in [4.69, 9.17) is 19.4 Å². The Morgan fingerprint density at radius 1 is 1.09 bits per heavy atom. The molecule has 0 unspecified atom stereocenters. The van der Waals surface area contributed by atoms with Gasteiger partial charge in [0.25, 0.3) is 0 Å². The van der Waals surface area contributed by atoms with E-state index in [-0.39, 0.29) is 19.1 Å². The van der Waals surface area contributed by atoms with Crippen molar-refractivity contribution in [2.24, 2.45) is 0 Å². The number of hydrogen-bond donors (Lipinski definition) is 2. The minimum atomic E-state index is -1.13. The van der Waals surface area contributed by atoms with Gasteiger partial charge in [0.05, 0.1) is 24.7 Å². The summed E-state index contributed by atoms with van der Waals surface area (Å²) in [5.74, 6) is 1.10. The molecule has 0 aliphatic carbocycles. The van der Waals surface area contributed by atoms with Crippen molar-refractivity contribution < 1.29 is 18.7 Å². The van der Waals surface area contributed by atoms with Gasteiger partial charge in [0.2, 0.25) is 0 Å². The van der Waals surface area contributed by atoms with Gasteiger partial charge in [-0.2, -0.15) is 0 Å². The molecule has 2 aromatic heterocycles. The maximum absolute atomic E-state index is 14.7. The summed E-state index contributed by atoms with van der Waals surface area (Å²) in [4.78, 5) is 29.2. The average Bonchev–Trinajstić information content (AvgIpc) is 3.00. The topological polar surface area (TPSA) is 102 Å². The number of alkyl halides is 1. The molecule has 44 heavy (non-hydrogen) atoms. The first-order chi connectivity index (χ1) is 21.2. The molecule has 0 amide bonds. The number of halogens is 1. The number of methoxy groups -OCH3 is 1. The first-order valence-corrected chi connectivity index (χ1v) is 15.6. The Balaban J connectivity index is 1.40. The second-order valence-electron chi connectivity index (χ2n) is 12.3. The maximum Gasteiger partial charge on any atom is 0.329 e. The lowest BCUT2D eigenvalue weighted by Crippen LogP contribution is -2.41. The summed E-state index contributed by atoms with van der Waals surface area (Å²) in [6.07, 6.45) is 7.44. The Morgan fingerprint density at radius 3 is 2.68 bits per heavy atom. The van der Waals surface area contributed by atoms with Crippen molar-refractivity contribution in [3.8, 4) is 11.3 Å². The molecule has 0 spiro atoms. The van der Waals surface area contributed by atoms with Gasteiger partial charge < -0.3 is 25.0 Å². The van der Waals surface area contributed by atoms with Crippen molar-refractivity contribution in [3.63, 3.8) is 0 Å². The van der Waals surface area contributed by atoms with Crippen LogP contribution >= 0.6 is 0 Å². The molecule has 2 N–H and O–H groups in total. The number of hydrogen-bond acceptors (Lipinski definition) is 9. The highest BCUT2D eigenvalue weighted by molar-refractivity contribution is 5.79. The summed E-state index contributed by atoms with van der Waals surface area (Å²) in [5, 5.41) is 6.65. The van der Waals surface area contributed by atoms with E-state index in [9.17, 15) is 9.18 Å². The average molecular weight is 607 g/mol. The molecule has 0 saturated heterocycles. The number of benzene rings is 1. The number of carbonyl (C=O) groups is 1. The lowest BCUT2D eigenvalue weighted by molar-refractivity contribution is -0.156. The number of aromatic nitrogens is 3. The fraction of sp³-hybridized carbons (Fsp3) is 0.529. The Labute approximate surface area is 261 Å². The summed E-state index contributed by atoms with van der Waals surface area (Å²) in [7, 11) is 1.50. The third-order valence-electron chi connectivity index (χ3n) is 7.36. The molecule has 0 bridgehead atoms. The predicted octanol–water partition coefficient (Wildman–Crippen LogP) is 5.72. The molecule has 9 nitrogen and oxygen atoms in total. The van der Waals surface area contributed by atoms with E-state index in [1.54, 1.807) is 12.4 Å². The zero-order chi connectivity index (χ0) is 31.4. The zero-order valence-corrected chi connectivity index (χ0v) is 26.5. The molecule has 2 atom stereocenters. The highest BCUT2D eigenvalue weighted by Gasteiger charge is 2.27. The number of nitrogens with one attached hydrogen (secondary N) is 2. The summed E-state index contributed by atoms with van der Waals surface area (Å²) in [6.45, 7) is 7.93. The molecule has 3 heterocycles. The minimum Gasteiger partial charge on any atom is -0.458 e. The van der Waals surface area contributed by atoms with Crippen molar-refractivity contribution in [2.45, 2.75) is 77.1 Å². The number of carbonyl (C=O) groups excluding carboxylic acids is 1. The number of ether oxygens (including phenoxy) is 2. The Kier molecular flexibility index (Phi) is 12.4. The SMILES string of the molecule is COC[C@@H](F)CN(CCCCc1ccc2c(n1)NCCC2)CC[C@H](Nc1cncc(-c2ccccc2)n1)C(=O)OC(C)(C)C. The molecule has 1 aliphatic heterocycles. The van der Waals surface area contributed by atoms with Crippen LogP contribution in [0.4, 0.5) is 16.0 Å². The molecule has 238 valence electrons. The lowest BCUT2D eigenvalue weighted by Gasteiger charge is -2.28. The zero-order valence-electron chi connectivity index (χ0n) is 26.5. The van der Waals surface area contributed by atoms with Gasteiger partial charge >= 0.3 is 5.97 Å². The smallest absolute Gasteiger partial charge is 0.329 e. The number of anilines is 2. The molecule has 1 aromatic carbocycles. The van der Waals surface area contributed by atoms with Crippen LogP contribution in [0.5, 0.6) is 0 Å². The molecule has 0 saturated carbocycles. The Hall–Kier alpha value is -3.63. The van der Waals surface area contributed by atoms with Gasteiger partial charge in [-0.15, -0.1) is 0 Å². The highest BCUT2D eigenvalue weighted by Crippen LogP contribution is 2.21. The van der Waals surface area contributed by atoms with Crippen molar-refractivity contribution in [1.29, 1.82) is 0 Å². The van der Waals surface area contributed by atoms with Crippen LogP contribution < -0.4 is 10.6 Å². The van der Waals surface area contributed by atoms with E-state index < -0.39 is 17.8 Å². The Bertz CT molecular complexity index is 1320. The lowest BCUT2D eigenvalue weighted by atomic mass is 10.1. The van der Waals surface area contributed by atoms with E-state index in [2.05, 4.69) is 32.7 Å². The molecule has 1 aliphatic rings. The number of nitrogens with zero attached hydrogens (tertiary/aromatic N) is 4. The van der Waals surface area contributed by atoms with Crippen molar-refractivity contribution >= 4 is 17.6 Å². The molecular formula is C34H47FN6O3. The number of aryl methyl sites for hydroxylation is 2. The quantitative estimate of drug-likeness (QED) is 0.157. The largest absolute Gasteiger partial charge is 0.458 e. The van der Waals surface area contributed by atoms with Crippen LogP contribution in [0, 0.1) is 0 Å². The first-order valence-electron chi connectivity index (χ1n) is 15.6. The van der Waals surface area contributed by atoms with Gasteiger partial charge in [0, 0.05) is 38.0 Å². The van der Waals surface area contributed by atoms with Crippen LogP contribution in [0.15, 0.2) is 54.9 Å².